The molecule has 22 heavy (non-hydrogen) atoms. The molecule has 3 N–H and O–H groups in total. The van der Waals surface area contributed by atoms with Gasteiger partial charge in [-0.3, -0.25) is 9.98 Å². The Labute approximate surface area is 149 Å². The van der Waals surface area contributed by atoms with Gasteiger partial charge in [0.05, 0.1) is 0 Å². The van der Waals surface area contributed by atoms with E-state index in [9.17, 15) is 0 Å². The van der Waals surface area contributed by atoms with Gasteiger partial charge in [-0.05, 0) is 49.1 Å². The third kappa shape index (κ3) is 6.01. The highest BCUT2D eigenvalue weighted by molar-refractivity contribution is 14.0. The average molecular weight is 410 g/mol. The van der Waals surface area contributed by atoms with Gasteiger partial charge < -0.3 is 11.1 Å². The summed E-state index contributed by atoms with van der Waals surface area (Å²) in [5, 5.41) is 3.12. The maximum absolute atomic E-state index is 5.91. The Morgan fingerprint density at radius 3 is 2.73 bits per heavy atom. The average Bonchev–Trinajstić information content (AvgIpc) is 2.49. The smallest absolute Gasteiger partial charge is 0.193 e. The lowest BCUT2D eigenvalue weighted by atomic mass is 10.1. The van der Waals surface area contributed by atoms with Crippen molar-refractivity contribution in [3.8, 4) is 0 Å². The number of guanidine groups is 1. The number of rotatable bonds is 5. The SMILES string of the molecule is CCc1cccc(NC(N)=NCCc2ccc(C)nc2)c1.I. The van der Waals surface area contributed by atoms with Crippen molar-refractivity contribution in [2.45, 2.75) is 26.7 Å². The number of hydrogen-bond acceptors (Lipinski definition) is 2. The molecular weight excluding hydrogens is 387 g/mol. The quantitative estimate of drug-likeness (QED) is 0.450. The second kappa shape index (κ2) is 9.40. The molecule has 0 aliphatic carbocycles. The van der Waals surface area contributed by atoms with Crippen LogP contribution in [0.2, 0.25) is 0 Å². The predicted octanol–water partition coefficient (Wildman–Crippen LogP) is 3.54. The second-order valence-electron chi connectivity index (χ2n) is 5.00. The van der Waals surface area contributed by atoms with Gasteiger partial charge in [0.15, 0.2) is 5.96 Å². The van der Waals surface area contributed by atoms with Crippen LogP contribution in [0.15, 0.2) is 47.6 Å². The molecule has 0 aliphatic heterocycles. The van der Waals surface area contributed by atoms with Gasteiger partial charge in [0.25, 0.3) is 0 Å². The van der Waals surface area contributed by atoms with Crippen molar-refractivity contribution in [3.63, 3.8) is 0 Å². The minimum absolute atomic E-state index is 0. The Hall–Kier alpha value is -1.63. The molecule has 5 heteroatoms. The maximum Gasteiger partial charge on any atom is 0.193 e. The summed E-state index contributed by atoms with van der Waals surface area (Å²) in [5.41, 5.74) is 10.4. The summed E-state index contributed by atoms with van der Waals surface area (Å²) < 4.78 is 0. The molecule has 0 bridgehead atoms. The van der Waals surface area contributed by atoms with E-state index in [1.54, 1.807) is 0 Å². The first-order valence-corrected chi connectivity index (χ1v) is 7.25. The minimum atomic E-state index is 0. The first-order valence-electron chi connectivity index (χ1n) is 7.25. The summed E-state index contributed by atoms with van der Waals surface area (Å²) in [6, 6.07) is 12.3. The van der Waals surface area contributed by atoms with Crippen LogP contribution in [0.3, 0.4) is 0 Å². The summed E-state index contributed by atoms with van der Waals surface area (Å²) in [7, 11) is 0. The third-order valence-electron chi connectivity index (χ3n) is 3.26. The van der Waals surface area contributed by atoms with Crippen LogP contribution in [0.4, 0.5) is 5.69 Å². The minimum Gasteiger partial charge on any atom is -0.370 e. The molecule has 0 saturated carbocycles. The molecule has 0 saturated heterocycles. The fraction of sp³-hybridized carbons (Fsp3) is 0.294. The van der Waals surface area contributed by atoms with Crippen LogP contribution < -0.4 is 11.1 Å². The first kappa shape index (κ1) is 18.4. The zero-order valence-corrected chi connectivity index (χ0v) is 15.4. The van der Waals surface area contributed by atoms with Crippen molar-refractivity contribution < 1.29 is 0 Å². The van der Waals surface area contributed by atoms with Gasteiger partial charge in [-0.25, -0.2) is 0 Å². The van der Waals surface area contributed by atoms with Crippen LogP contribution in [0.5, 0.6) is 0 Å². The zero-order chi connectivity index (χ0) is 15.1. The van der Waals surface area contributed by atoms with E-state index in [1.165, 1.54) is 11.1 Å². The van der Waals surface area contributed by atoms with E-state index in [-0.39, 0.29) is 24.0 Å². The predicted molar refractivity (Wildman–Crippen MR) is 104 cm³/mol. The number of hydrogen-bond donors (Lipinski definition) is 2. The fourth-order valence-corrected chi connectivity index (χ4v) is 2.01. The largest absolute Gasteiger partial charge is 0.370 e. The van der Waals surface area contributed by atoms with Gasteiger partial charge >= 0.3 is 0 Å². The highest BCUT2D eigenvalue weighted by Crippen LogP contribution is 2.10. The van der Waals surface area contributed by atoms with Crippen molar-refractivity contribution in [1.29, 1.82) is 0 Å². The number of aliphatic imine (C=N–C) groups is 1. The lowest BCUT2D eigenvalue weighted by Gasteiger charge is -2.07. The second-order valence-corrected chi connectivity index (χ2v) is 5.00. The van der Waals surface area contributed by atoms with Crippen LogP contribution in [0.1, 0.15) is 23.7 Å². The van der Waals surface area contributed by atoms with Crippen molar-refractivity contribution in [2.75, 3.05) is 11.9 Å². The van der Waals surface area contributed by atoms with E-state index >= 15 is 0 Å². The summed E-state index contributed by atoms with van der Waals surface area (Å²) in [6.07, 6.45) is 3.73. The topological polar surface area (TPSA) is 63.3 Å². The van der Waals surface area contributed by atoms with Gasteiger partial charge in [0.2, 0.25) is 0 Å². The normalized spacial score (nSPS) is 10.9. The number of aryl methyl sites for hydroxylation is 2. The van der Waals surface area contributed by atoms with Gasteiger partial charge in [0, 0.05) is 24.1 Å². The maximum atomic E-state index is 5.91. The lowest BCUT2D eigenvalue weighted by molar-refractivity contribution is 0.950. The van der Waals surface area contributed by atoms with E-state index in [0.29, 0.717) is 12.5 Å². The molecule has 1 heterocycles. The highest BCUT2D eigenvalue weighted by Gasteiger charge is 1.97. The Bertz CT molecular complexity index is 608. The molecule has 0 fully saturated rings. The van der Waals surface area contributed by atoms with Crippen LogP contribution in [0, 0.1) is 6.92 Å². The standard InChI is InChI=1S/C17H22N4.HI/c1-3-14-5-4-6-16(11-14)21-17(18)19-10-9-15-8-7-13(2)20-12-15;/h4-8,11-12H,3,9-10H2,1-2H3,(H3,18,19,21);1H. The van der Waals surface area contributed by atoms with E-state index in [2.05, 4.69) is 40.4 Å². The number of pyridine rings is 1. The molecule has 0 aliphatic rings. The first-order chi connectivity index (χ1) is 10.2. The molecule has 0 spiro atoms. The summed E-state index contributed by atoms with van der Waals surface area (Å²) in [6.45, 7) is 4.76. The highest BCUT2D eigenvalue weighted by atomic mass is 127. The van der Waals surface area contributed by atoms with Crippen LogP contribution in [-0.2, 0) is 12.8 Å². The summed E-state index contributed by atoms with van der Waals surface area (Å²) in [4.78, 5) is 8.62. The lowest BCUT2D eigenvalue weighted by Crippen LogP contribution is -2.23. The third-order valence-corrected chi connectivity index (χ3v) is 3.26. The molecule has 2 rings (SSSR count). The van der Waals surface area contributed by atoms with E-state index in [1.807, 2.05) is 31.3 Å². The van der Waals surface area contributed by atoms with Gasteiger partial charge in [-0.2, -0.15) is 0 Å². The van der Waals surface area contributed by atoms with Crippen molar-refractivity contribution >= 4 is 35.6 Å². The monoisotopic (exact) mass is 410 g/mol. The number of nitrogens with two attached hydrogens (primary N) is 1. The number of aromatic nitrogens is 1. The molecular formula is C17H23IN4. The Morgan fingerprint density at radius 1 is 1.23 bits per heavy atom. The van der Waals surface area contributed by atoms with Crippen molar-refractivity contribution in [1.82, 2.24) is 4.98 Å². The molecule has 1 aromatic heterocycles. The van der Waals surface area contributed by atoms with Crippen molar-refractivity contribution in [3.05, 3.63) is 59.4 Å². The van der Waals surface area contributed by atoms with Crippen molar-refractivity contribution in [2.24, 2.45) is 10.7 Å². The molecule has 0 atom stereocenters. The van der Waals surface area contributed by atoms with Gasteiger partial charge in [0.1, 0.15) is 0 Å². The van der Waals surface area contributed by atoms with E-state index in [4.69, 9.17) is 5.73 Å². The molecule has 1 aromatic carbocycles. The Balaban J connectivity index is 0.00000242. The summed E-state index contributed by atoms with van der Waals surface area (Å²) in [5.74, 6) is 0.448. The number of benzene rings is 1. The number of halogens is 1. The molecule has 0 amide bonds. The molecule has 4 nitrogen and oxygen atoms in total. The van der Waals surface area contributed by atoms with E-state index in [0.717, 1.165) is 24.2 Å². The van der Waals surface area contributed by atoms with Gasteiger partial charge in [-0.15, -0.1) is 24.0 Å². The fourth-order valence-electron chi connectivity index (χ4n) is 2.01. The van der Waals surface area contributed by atoms with Crippen LogP contribution >= 0.6 is 24.0 Å². The summed E-state index contributed by atoms with van der Waals surface area (Å²) >= 11 is 0. The Morgan fingerprint density at radius 2 is 2.05 bits per heavy atom. The Kier molecular flexibility index (Phi) is 7.87. The number of anilines is 1. The molecule has 0 unspecified atom stereocenters. The molecule has 118 valence electrons. The van der Waals surface area contributed by atoms with Crippen LogP contribution in [-0.4, -0.2) is 17.5 Å². The van der Waals surface area contributed by atoms with Gasteiger partial charge in [-0.1, -0.05) is 25.1 Å². The zero-order valence-electron chi connectivity index (χ0n) is 13.0. The molecule has 0 radical (unpaired) electrons. The molecule has 2 aromatic rings. The van der Waals surface area contributed by atoms with Crippen LogP contribution in [0.25, 0.3) is 0 Å². The number of nitrogens with zero attached hydrogens (tertiary/aromatic N) is 2. The van der Waals surface area contributed by atoms with E-state index < -0.39 is 0 Å². The number of nitrogens with one attached hydrogen (secondary N) is 1.